The van der Waals surface area contributed by atoms with Crippen LogP contribution >= 0.6 is 0 Å². The molecular formula is C17H19FN2O. The predicted octanol–water partition coefficient (Wildman–Crippen LogP) is 2.76. The molecule has 2 rings (SSSR count). The van der Waals surface area contributed by atoms with Crippen LogP contribution in [0.3, 0.4) is 0 Å². The minimum atomic E-state index is -0.700. The van der Waals surface area contributed by atoms with E-state index in [2.05, 4.69) is 5.32 Å². The average molecular weight is 286 g/mol. The number of rotatable bonds is 4. The van der Waals surface area contributed by atoms with Crippen molar-refractivity contribution in [3.63, 3.8) is 0 Å². The fourth-order valence-electron chi connectivity index (χ4n) is 2.25. The van der Waals surface area contributed by atoms with Crippen LogP contribution in [0.25, 0.3) is 0 Å². The van der Waals surface area contributed by atoms with Crippen LogP contribution in [0, 0.1) is 19.7 Å². The van der Waals surface area contributed by atoms with Gasteiger partial charge in [-0.2, -0.15) is 0 Å². The van der Waals surface area contributed by atoms with Gasteiger partial charge in [0.15, 0.2) is 0 Å². The molecule has 3 nitrogen and oxygen atoms in total. The Morgan fingerprint density at radius 2 is 1.76 bits per heavy atom. The van der Waals surface area contributed by atoms with Crippen LogP contribution in [0.2, 0.25) is 0 Å². The van der Waals surface area contributed by atoms with E-state index < -0.39 is 6.04 Å². The molecule has 4 heteroatoms. The van der Waals surface area contributed by atoms with Gasteiger partial charge in [-0.3, -0.25) is 4.79 Å². The topological polar surface area (TPSA) is 55.1 Å². The number of nitrogens with one attached hydrogen (secondary N) is 1. The predicted molar refractivity (Wildman–Crippen MR) is 81.1 cm³/mol. The van der Waals surface area contributed by atoms with Crippen molar-refractivity contribution < 1.29 is 9.18 Å². The minimum absolute atomic E-state index is 0.203. The highest BCUT2D eigenvalue weighted by molar-refractivity contribution is 5.82. The van der Waals surface area contributed by atoms with Crippen molar-refractivity contribution >= 4 is 5.91 Å². The highest BCUT2D eigenvalue weighted by Crippen LogP contribution is 2.15. The summed E-state index contributed by atoms with van der Waals surface area (Å²) in [7, 11) is 0. The van der Waals surface area contributed by atoms with Crippen molar-refractivity contribution in [3.8, 4) is 0 Å². The number of hydrogen-bond acceptors (Lipinski definition) is 2. The molecule has 0 aliphatic rings. The summed E-state index contributed by atoms with van der Waals surface area (Å²) in [5, 5.41) is 2.78. The number of nitrogens with two attached hydrogens (primary N) is 1. The second kappa shape index (κ2) is 6.50. The van der Waals surface area contributed by atoms with Crippen molar-refractivity contribution in [1.82, 2.24) is 5.32 Å². The second-order valence-corrected chi connectivity index (χ2v) is 5.15. The molecule has 3 N–H and O–H groups in total. The van der Waals surface area contributed by atoms with Crippen molar-refractivity contribution in [2.24, 2.45) is 5.73 Å². The molecule has 0 heterocycles. The van der Waals surface area contributed by atoms with Crippen LogP contribution in [0.15, 0.2) is 42.5 Å². The Morgan fingerprint density at radius 3 is 2.33 bits per heavy atom. The molecule has 110 valence electrons. The fourth-order valence-corrected chi connectivity index (χ4v) is 2.25. The Labute approximate surface area is 124 Å². The monoisotopic (exact) mass is 286 g/mol. The van der Waals surface area contributed by atoms with Crippen LogP contribution in [0.1, 0.15) is 28.3 Å². The molecule has 0 saturated heterocycles. The van der Waals surface area contributed by atoms with E-state index >= 15 is 0 Å². The molecule has 0 fully saturated rings. The van der Waals surface area contributed by atoms with Gasteiger partial charge >= 0.3 is 0 Å². The highest BCUT2D eigenvalue weighted by Gasteiger charge is 2.15. The van der Waals surface area contributed by atoms with Gasteiger partial charge in [-0.1, -0.05) is 42.5 Å². The van der Waals surface area contributed by atoms with Crippen LogP contribution in [-0.2, 0) is 11.3 Å². The Kier molecular flexibility index (Phi) is 4.70. The lowest BCUT2D eigenvalue weighted by atomic mass is 10.1. The second-order valence-electron chi connectivity index (χ2n) is 5.15. The van der Waals surface area contributed by atoms with E-state index in [0.717, 1.165) is 11.1 Å². The molecule has 2 aromatic rings. The molecule has 0 aromatic heterocycles. The number of benzene rings is 2. The van der Waals surface area contributed by atoms with E-state index in [1.165, 1.54) is 0 Å². The van der Waals surface area contributed by atoms with E-state index in [4.69, 9.17) is 5.73 Å². The molecule has 2 aromatic carbocycles. The van der Waals surface area contributed by atoms with Crippen LogP contribution in [0.4, 0.5) is 4.39 Å². The maximum absolute atomic E-state index is 13.6. The maximum atomic E-state index is 13.6. The summed E-state index contributed by atoms with van der Waals surface area (Å²) in [6.45, 7) is 3.76. The molecule has 1 atom stereocenters. The third kappa shape index (κ3) is 3.67. The standard InChI is InChI=1S/C17H19FN2O/c1-11-8-13(9-12(2)15(11)18)10-20-17(21)16(19)14-6-4-3-5-7-14/h3-9,16H,10,19H2,1-2H3,(H,20,21)/t16-/m1/s1. The molecule has 21 heavy (non-hydrogen) atoms. The lowest BCUT2D eigenvalue weighted by molar-refractivity contribution is -0.122. The Bertz CT molecular complexity index is 617. The van der Waals surface area contributed by atoms with E-state index in [0.29, 0.717) is 17.7 Å². The molecule has 0 saturated carbocycles. The van der Waals surface area contributed by atoms with Gasteiger partial charge in [0.1, 0.15) is 11.9 Å². The third-order valence-electron chi connectivity index (χ3n) is 3.40. The number of halogens is 1. The summed E-state index contributed by atoms with van der Waals surface area (Å²) in [4.78, 5) is 12.0. The maximum Gasteiger partial charge on any atom is 0.241 e. The van der Waals surface area contributed by atoms with E-state index in [1.54, 1.807) is 26.0 Å². The van der Waals surface area contributed by atoms with Crippen molar-refractivity contribution in [3.05, 3.63) is 70.5 Å². The van der Waals surface area contributed by atoms with Gasteiger partial charge in [-0.05, 0) is 36.1 Å². The number of carbonyl (C=O) groups is 1. The Balaban J connectivity index is 2.01. The summed E-state index contributed by atoms with van der Waals surface area (Å²) in [6.07, 6.45) is 0. The van der Waals surface area contributed by atoms with Crippen molar-refractivity contribution in [2.75, 3.05) is 0 Å². The zero-order chi connectivity index (χ0) is 15.4. The van der Waals surface area contributed by atoms with Crippen LogP contribution in [-0.4, -0.2) is 5.91 Å². The molecule has 0 bridgehead atoms. The van der Waals surface area contributed by atoms with Gasteiger partial charge in [-0.15, -0.1) is 0 Å². The molecular weight excluding hydrogens is 267 g/mol. The summed E-state index contributed by atoms with van der Waals surface area (Å²) < 4.78 is 13.6. The van der Waals surface area contributed by atoms with Gasteiger partial charge in [0.2, 0.25) is 5.91 Å². The van der Waals surface area contributed by atoms with E-state index in [9.17, 15) is 9.18 Å². The molecule has 0 unspecified atom stereocenters. The zero-order valence-electron chi connectivity index (χ0n) is 12.2. The Morgan fingerprint density at radius 1 is 1.19 bits per heavy atom. The van der Waals surface area contributed by atoms with Crippen LogP contribution < -0.4 is 11.1 Å². The average Bonchev–Trinajstić information content (AvgIpc) is 2.50. The van der Waals surface area contributed by atoms with Crippen LogP contribution in [0.5, 0.6) is 0 Å². The lowest BCUT2D eigenvalue weighted by Crippen LogP contribution is -2.33. The molecule has 1 amide bonds. The van der Waals surface area contributed by atoms with E-state index in [1.807, 2.05) is 30.3 Å². The first-order valence-corrected chi connectivity index (χ1v) is 6.83. The first kappa shape index (κ1) is 15.2. The molecule has 0 spiro atoms. The quantitative estimate of drug-likeness (QED) is 0.908. The summed E-state index contributed by atoms with van der Waals surface area (Å²) in [5.41, 5.74) is 8.69. The number of carbonyl (C=O) groups excluding carboxylic acids is 1. The summed E-state index contributed by atoms with van der Waals surface area (Å²) >= 11 is 0. The van der Waals surface area contributed by atoms with Gasteiger partial charge in [0.05, 0.1) is 0 Å². The van der Waals surface area contributed by atoms with E-state index in [-0.39, 0.29) is 11.7 Å². The smallest absolute Gasteiger partial charge is 0.241 e. The van der Waals surface area contributed by atoms with Crippen molar-refractivity contribution in [1.29, 1.82) is 0 Å². The van der Waals surface area contributed by atoms with Gasteiger partial charge < -0.3 is 11.1 Å². The summed E-state index contributed by atoms with van der Waals surface area (Å²) in [6, 6.07) is 12.0. The SMILES string of the molecule is Cc1cc(CNC(=O)[C@H](N)c2ccccc2)cc(C)c1F. The molecule has 0 radical (unpaired) electrons. The zero-order valence-corrected chi connectivity index (χ0v) is 12.2. The highest BCUT2D eigenvalue weighted by atomic mass is 19.1. The molecule has 0 aliphatic carbocycles. The van der Waals surface area contributed by atoms with Gasteiger partial charge in [-0.25, -0.2) is 4.39 Å². The number of amides is 1. The fraction of sp³-hybridized carbons (Fsp3) is 0.235. The lowest BCUT2D eigenvalue weighted by Gasteiger charge is -2.13. The number of aryl methyl sites for hydroxylation is 2. The third-order valence-corrected chi connectivity index (χ3v) is 3.40. The molecule has 0 aliphatic heterocycles. The summed E-state index contributed by atoms with van der Waals surface area (Å²) in [5.74, 6) is -0.452. The Hall–Kier alpha value is -2.20. The minimum Gasteiger partial charge on any atom is -0.350 e. The normalized spacial score (nSPS) is 12.0. The van der Waals surface area contributed by atoms with Gasteiger partial charge in [0, 0.05) is 6.54 Å². The number of hydrogen-bond donors (Lipinski definition) is 2. The van der Waals surface area contributed by atoms with Gasteiger partial charge in [0.25, 0.3) is 0 Å². The first-order chi connectivity index (χ1) is 9.99. The first-order valence-electron chi connectivity index (χ1n) is 6.83. The largest absolute Gasteiger partial charge is 0.350 e. The van der Waals surface area contributed by atoms with Crippen molar-refractivity contribution in [2.45, 2.75) is 26.4 Å².